The van der Waals surface area contributed by atoms with Crippen molar-refractivity contribution >= 4 is 12.0 Å². The Morgan fingerprint density at radius 2 is 1.36 bits per heavy atom. The van der Waals surface area contributed by atoms with Crippen LogP contribution in [0.5, 0.6) is 0 Å². The standard InChI is InChI=1S/C40H35N3O2/c1-41-39(45)33-14-11-13-32(27-33)30-23-25-31(26-24-30)38(44)22-12-21-37-28-43(29-42-37)40(34-15-5-2-6-16-34,35-17-7-3-8-18-35)36-19-9-4-10-20-36/h2-21,23-29,38,44H,22H2,1H3,(H,41,45). The summed E-state index contributed by atoms with van der Waals surface area (Å²) in [5.74, 6) is -0.119. The zero-order chi connectivity index (χ0) is 31.1. The van der Waals surface area contributed by atoms with E-state index in [0.717, 1.165) is 39.1 Å². The molecule has 1 heterocycles. The second-order valence-electron chi connectivity index (χ2n) is 11.0. The molecule has 6 aromatic rings. The summed E-state index contributed by atoms with van der Waals surface area (Å²) in [6, 6.07) is 46.9. The maximum absolute atomic E-state index is 12.0. The molecule has 5 heteroatoms. The van der Waals surface area contributed by atoms with Gasteiger partial charge in [-0.25, -0.2) is 4.98 Å². The number of benzene rings is 5. The van der Waals surface area contributed by atoms with Crippen molar-refractivity contribution in [2.75, 3.05) is 7.05 Å². The van der Waals surface area contributed by atoms with E-state index in [1.807, 2.05) is 79.1 Å². The van der Waals surface area contributed by atoms with Crippen LogP contribution >= 0.6 is 0 Å². The smallest absolute Gasteiger partial charge is 0.251 e. The first-order chi connectivity index (χ1) is 22.1. The highest BCUT2D eigenvalue weighted by Crippen LogP contribution is 2.40. The van der Waals surface area contributed by atoms with Gasteiger partial charge in [0.2, 0.25) is 0 Å². The van der Waals surface area contributed by atoms with Crippen LogP contribution in [0.1, 0.15) is 50.8 Å². The number of hydrogen-bond donors (Lipinski definition) is 2. The van der Waals surface area contributed by atoms with Crippen molar-refractivity contribution in [2.24, 2.45) is 0 Å². The van der Waals surface area contributed by atoms with Crippen LogP contribution in [0.2, 0.25) is 0 Å². The van der Waals surface area contributed by atoms with Crippen molar-refractivity contribution in [1.29, 1.82) is 0 Å². The molecule has 0 radical (unpaired) electrons. The van der Waals surface area contributed by atoms with Gasteiger partial charge in [-0.3, -0.25) is 4.79 Å². The summed E-state index contributed by atoms with van der Waals surface area (Å²) in [7, 11) is 1.62. The first-order valence-electron chi connectivity index (χ1n) is 15.1. The van der Waals surface area contributed by atoms with Crippen LogP contribution in [0.25, 0.3) is 17.2 Å². The van der Waals surface area contributed by atoms with Crippen molar-refractivity contribution in [3.63, 3.8) is 0 Å². The number of carbonyl (C=O) groups excluding carboxylic acids is 1. The van der Waals surface area contributed by atoms with Crippen molar-refractivity contribution in [1.82, 2.24) is 14.9 Å². The second kappa shape index (κ2) is 13.4. The zero-order valence-electron chi connectivity index (χ0n) is 25.1. The van der Waals surface area contributed by atoms with Gasteiger partial charge in [0.25, 0.3) is 5.91 Å². The number of imidazole rings is 1. The Morgan fingerprint density at radius 3 is 1.91 bits per heavy atom. The molecule has 2 N–H and O–H groups in total. The Hall–Kier alpha value is -5.52. The molecule has 5 nitrogen and oxygen atoms in total. The van der Waals surface area contributed by atoms with Crippen molar-refractivity contribution in [3.05, 3.63) is 192 Å². The number of nitrogens with one attached hydrogen (secondary N) is 1. The summed E-state index contributed by atoms with van der Waals surface area (Å²) in [6.07, 6.45) is 7.67. The Balaban J connectivity index is 1.24. The molecule has 1 amide bonds. The van der Waals surface area contributed by atoms with E-state index < -0.39 is 11.6 Å². The number of aliphatic hydroxyl groups is 1. The van der Waals surface area contributed by atoms with Gasteiger partial charge in [0.05, 0.1) is 18.1 Å². The number of amides is 1. The van der Waals surface area contributed by atoms with Gasteiger partial charge < -0.3 is 15.0 Å². The van der Waals surface area contributed by atoms with E-state index in [4.69, 9.17) is 4.98 Å². The third-order valence-corrected chi connectivity index (χ3v) is 8.19. The first-order valence-corrected chi connectivity index (χ1v) is 15.1. The highest BCUT2D eigenvalue weighted by Gasteiger charge is 2.38. The van der Waals surface area contributed by atoms with E-state index in [1.54, 1.807) is 13.1 Å². The minimum absolute atomic E-state index is 0.119. The largest absolute Gasteiger partial charge is 0.388 e. The van der Waals surface area contributed by atoms with Crippen LogP contribution in [0, 0.1) is 0 Å². The average molecular weight is 590 g/mol. The van der Waals surface area contributed by atoms with E-state index >= 15 is 0 Å². The fourth-order valence-corrected chi connectivity index (χ4v) is 5.93. The lowest BCUT2D eigenvalue weighted by molar-refractivity contribution is 0.0963. The number of rotatable bonds is 10. The van der Waals surface area contributed by atoms with Crippen molar-refractivity contribution < 1.29 is 9.90 Å². The van der Waals surface area contributed by atoms with E-state index in [-0.39, 0.29) is 5.91 Å². The van der Waals surface area contributed by atoms with Gasteiger partial charge >= 0.3 is 0 Å². The lowest BCUT2D eigenvalue weighted by Crippen LogP contribution is -2.36. The highest BCUT2D eigenvalue weighted by molar-refractivity contribution is 5.95. The van der Waals surface area contributed by atoms with Crippen molar-refractivity contribution in [2.45, 2.75) is 18.1 Å². The maximum Gasteiger partial charge on any atom is 0.251 e. The van der Waals surface area contributed by atoms with Crippen LogP contribution in [0.4, 0.5) is 0 Å². The normalized spacial score (nSPS) is 12.2. The van der Waals surface area contributed by atoms with Crippen LogP contribution in [-0.4, -0.2) is 27.6 Å². The molecule has 1 unspecified atom stereocenters. The Bertz CT molecular complexity index is 1780. The van der Waals surface area contributed by atoms with E-state index in [0.29, 0.717) is 12.0 Å². The van der Waals surface area contributed by atoms with Crippen LogP contribution in [-0.2, 0) is 5.54 Å². The minimum atomic E-state index is -0.661. The number of aromatic nitrogens is 2. The highest BCUT2D eigenvalue weighted by atomic mass is 16.3. The summed E-state index contributed by atoms with van der Waals surface area (Å²) in [4.78, 5) is 16.8. The van der Waals surface area contributed by atoms with E-state index in [2.05, 4.69) is 88.9 Å². The Labute approximate surface area is 264 Å². The number of aliphatic hydroxyl groups excluding tert-OH is 1. The average Bonchev–Trinajstić information content (AvgIpc) is 3.58. The predicted molar refractivity (Wildman–Crippen MR) is 181 cm³/mol. The van der Waals surface area contributed by atoms with E-state index in [9.17, 15) is 9.90 Å². The van der Waals surface area contributed by atoms with E-state index in [1.165, 1.54) is 0 Å². The maximum atomic E-state index is 12.0. The molecular formula is C40H35N3O2. The van der Waals surface area contributed by atoms with Gasteiger partial charge in [-0.15, -0.1) is 0 Å². The summed E-state index contributed by atoms with van der Waals surface area (Å²) >= 11 is 0. The molecule has 6 rings (SSSR count). The van der Waals surface area contributed by atoms with Crippen LogP contribution in [0.15, 0.2) is 158 Å². The lowest BCUT2D eigenvalue weighted by atomic mass is 9.77. The Morgan fingerprint density at radius 1 is 0.778 bits per heavy atom. The topological polar surface area (TPSA) is 67.2 Å². The second-order valence-corrected chi connectivity index (χ2v) is 11.0. The number of hydrogen-bond acceptors (Lipinski definition) is 3. The number of carbonyl (C=O) groups is 1. The molecule has 0 fully saturated rings. The van der Waals surface area contributed by atoms with Gasteiger partial charge in [0, 0.05) is 18.8 Å². The van der Waals surface area contributed by atoms with Gasteiger partial charge in [0.15, 0.2) is 0 Å². The van der Waals surface area contributed by atoms with Crippen LogP contribution < -0.4 is 5.32 Å². The summed E-state index contributed by atoms with van der Waals surface area (Å²) in [6.45, 7) is 0. The summed E-state index contributed by atoms with van der Waals surface area (Å²) < 4.78 is 2.18. The van der Waals surface area contributed by atoms with Gasteiger partial charge in [-0.05, 0) is 58.0 Å². The fourth-order valence-electron chi connectivity index (χ4n) is 5.93. The van der Waals surface area contributed by atoms with Gasteiger partial charge in [0.1, 0.15) is 5.54 Å². The molecule has 1 aromatic heterocycles. The molecule has 0 aliphatic rings. The molecule has 0 saturated carbocycles. The lowest BCUT2D eigenvalue weighted by Gasteiger charge is -2.37. The first kappa shape index (κ1) is 29.5. The van der Waals surface area contributed by atoms with Gasteiger partial charge in [-0.2, -0.15) is 0 Å². The number of nitrogens with zero attached hydrogens (tertiary/aromatic N) is 2. The molecule has 0 aliphatic carbocycles. The molecule has 0 aliphatic heterocycles. The third kappa shape index (κ3) is 6.12. The SMILES string of the molecule is CNC(=O)c1cccc(-c2ccc(C(O)CC=Cc3cn(C(c4ccccc4)(c4ccccc4)c4ccccc4)cn3)cc2)c1. The molecule has 0 bridgehead atoms. The summed E-state index contributed by atoms with van der Waals surface area (Å²) in [5.41, 5.74) is 6.96. The molecular weight excluding hydrogens is 554 g/mol. The minimum Gasteiger partial charge on any atom is -0.388 e. The van der Waals surface area contributed by atoms with Crippen LogP contribution in [0.3, 0.4) is 0 Å². The zero-order valence-corrected chi connectivity index (χ0v) is 25.1. The fraction of sp³-hybridized carbons (Fsp3) is 0.100. The molecule has 45 heavy (non-hydrogen) atoms. The molecule has 0 saturated heterocycles. The molecule has 0 spiro atoms. The van der Waals surface area contributed by atoms with Crippen molar-refractivity contribution in [3.8, 4) is 11.1 Å². The molecule has 5 aromatic carbocycles. The third-order valence-electron chi connectivity index (χ3n) is 8.19. The summed E-state index contributed by atoms with van der Waals surface area (Å²) in [5, 5.41) is 13.6. The van der Waals surface area contributed by atoms with Gasteiger partial charge in [-0.1, -0.05) is 133 Å². The molecule has 1 atom stereocenters. The quantitative estimate of drug-likeness (QED) is 0.160. The predicted octanol–water partition coefficient (Wildman–Crippen LogP) is 7.89. The molecule has 222 valence electrons. The Kier molecular flexibility index (Phi) is 8.81. The monoisotopic (exact) mass is 589 g/mol.